The average molecular weight is 271 g/mol. The number of hydrogen-bond donors (Lipinski definition) is 1. The lowest BCUT2D eigenvalue weighted by atomic mass is 9.97. The number of aryl methyl sites for hydroxylation is 1. The Labute approximate surface area is 115 Å². The van der Waals surface area contributed by atoms with Gasteiger partial charge >= 0.3 is 0 Å². The molecule has 0 saturated carbocycles. The third-order valence-corrected chi connectivity index (χ3v) is 3.79. The zero-order valence-corrected chi connectivity index (χ0v) is 12.4. The lowest BCUT2D eigenvalue weighted by Gasteiger charge is -2.35. The molecule has 3 nitrogen and oxygen atoms in total. The predicted molar refractivity (Wildman–Crippen MR) is 77.4 cm³/mol. The standard InChI is InChI=1S/C14H23ClN2O/c1-11-9-12(15)5-6-13(11)18-8-7-14(2,10-16)17(3)4/h5-6,9H,7-8,10,16H2,1-4H3. The Balaban J connectivity index is 2.56. The molecule has 1 rings (SSSR count). The fourth-order valence-corrected chi connectivity index (χ4v) is 1.89. The molecule has 0 amide bonds. The highest BCUT2D eigenvalue weighted by Crippen LogP contribution is 2.23. The number of ether oxygens (including phenoxy) is 1. The van der Waals surface area contributed by atoms with Crippen molar-refractivity contribution in [3.8, 4) is 5.75 Å². The lowest BCUT2D eigenvalue weighted by molar-refractivity contribution is 0.139. The number of benzene rings is 1. The molecular formula is C14H23ClN2O. The normalized spacial score (nSPS) is 14.6. The molecule has 0 aromatic heterocycles. The second-order valence-corrected chi connectivity index (χ2v) is 5.54. The fourth-order valence-electron chi connectivity index (χ4n) is 1.66. The van der Waals surface area contributed by atoms with E-state index in [0.29, 0.717) is 13.2 Å². The van der Waals surface area contributed by atoms with Crippen LogP contribution in [0.4, 0.5) is 0 Å². The third kappa shape index (κ3) is 3.87. The van der Waals surface area contributed by atoms with E-state index in [-0.39, 0.29) is 5.54 Å². The van der Waals surface area contributed by atoms with Gasteiger partial charge in [-0.25, -0.2) is 0 Å². The SMILES string of the molecule is Cc1cc(Cl)ccc1OCCC(C)(CN)N(C)C. The van der Waals surface area contributed by atoms with E-state index >= 15 is 0 Å². The molecule has 0 aliphatic carbocycles. The molecule has 0 aliphatic heterocycles. The molecule has 0 saturated heterocycles. The van der Waals surface area contributed by atoms with Gasteiger partial charge in [-0.2, -0.15) is 0 Å². The van der Waals surface area contributed by atoms with E-state index in [9.17, 15) is 0 Å². The minimum atomic E-state index is -0.0275. The van der Waals surface area contributed by atoms with E-state index in [1.165, 1.54) is 0 Å². The minimum Gasteiger partial charge on any atom is -0.493 e. The Morgan fingerprint density at radius 1 is 1.39 bits per heavy atom. The maximum absolute atomic E-state index is 5.91. The number of rotatable bonds is 6. The van der Waals surface area contributed by atoms with Gasteiger partial charge in [0.25, 0.3) is 0 Å². The van der Waals surface area contributed by atoms with Gasteiger partial charge in [0, 0.05) is 23.5 Å². The zero-order valence-electron chi connectivity index (χ0n) is 11.7. The largest absolute Gasteiger partial charge is 0.493 e. The quantitative estimate of drug-likeness (QED) is 0.864. The molecule has 0 aliphatic rings. The van der Waals surface area contributed by atoms with Crippen LogP contribution in [0.15, 0.2) is 18.2 Å². The van der Waals surface area contributed by atoms with Crippen molar-refractivity contribution in [3.63, 3.8) is 0 Å². The summed E-state index contributed by atoms with van der Waals surface area (Å²) < 4.78 is 5.80. The number of nitrogens with two attached hydrogens (primary N) is 1. The van der Waals surface area contributed by atoms with Gasteiger partial charge in [0.1, 0.15) is 5.75 Å². The Bertz CT molecular complexity index is 395. The van der Waals surface area contributed by atoms with Crippen molar-refractivity contribution >= 4 is 11.6 Å². The molecule has 102 valence electrons. The molecule has 1 atom stereocenters. The number of halogens is 1. The van der Waals surface area contributed by atoms with Gasteiger partial charge in [-0.15, -0.1) is 0 Å². The Morgan fingerprint density at radius 2 is 2.06 bits per heavy atom. The molecule has 0 heterocycles. The van der Waals surface area contributed by atoms with E-state index in [1.54, 1.807) is 0 Å². The van der Waals surface area contributed by atoms with Crippen LogP contribution in [0.5, 0.6) is 5.75 Å². The summed E-state index contributed by atoms with van der Waals surface area (Å²) in [5, 5.41) is 0.736. The van der Waals surface area contributed by atoms with Crippen LogP contribution in [0.1, 0.15) is 18.9 Å². The lowest BCUT2D eigenvalue weighted by Crippen LogP contribution is -2.48. The molecule has 1 aromatic carbocycles. The van der Waals surface area contributed by atoms with Crippen LogP contribution in [0.3, 0.4) is 0 Å². The average Bonchev–Trinajstić information content (AvgIpc) is 2.31. The third-order valence-electron chi connectivity index (χ3n) is 3.55. The predicted octanol–water partition coefficient (Wildman–Crippen LogP) is 2.70. The van der Waals surface area contributed by atoms with Crippen molar-refractivity contribution in [3.05, 3.63) is 28.8 Å². The summed E-state index contributed by atoms with van der Waals surface area (Å²) >= 11 is 5.91. The van der Waals surface area contributed by atoms with Gasteiger partial charge in [0.15, 0.2) is 0 Å². The summed E-state index contributed by atoms with van der Waals surface area (Å²) in [5.74, 6) is 0.887. The van der Waals surface area contributed by atoms with Crippen LogP contribution in [-0.4, -0.2) is 37.7 Å². The molecule has 1 aromatic rings. The summed E-state index contributed by atoms with van der Waals surface area (Å²) in [7, 11) is 4.08. The molecule has 4 heteroatoms. The zero-order chi connectivity index (χ0) is 13.8. The molecule has 0 spiro atoms. The minimum absolute atomic E-state index is 0.0275. The first-order valence-electron chi connectivity index (χ1n) is 6.15. The van der Waals surface area contributed by atoms with Crippen molar-refractivity contribution in [2.45, 2.75) is 25.8 Å². The first kappa shape index (κ1) is 15.3. The number of likely N-dealkylation sites (N-methyl/N-ethyl adjacent to an activating group) is 1. The highest BCUT2D eigenvalue weighted by atomic mass is 35.5. The van der Waals surface area contributed by atoms with Crippen LogP contribution in [0, 0.1) is 6.92 Å². The van der Waals surface area contributed by atoms with Gasteiger partial charge in [-0.3, -0.25) is 0 Å². The monoisotopic (exact) mass is 270 g/mol. The Morgan fingerprint density at radius 3 is 2.56 bits per heavy atom. The highest BCUT2D eigenvalue weighted by Gasteiger charge is 2.24. The van der Waals surface area contributed by atoms with E-state index in [4.69, 9.17) is 22.1 Å². The number of nitrogens with zero attached hydrogens (tertiary/aromatic N) is 1. The second-order valence-electron chi connectivity index (χ2n) is 5.10. The molecule has 0 bridgehead atoms. The van der Waals surface area contributed by atoms with E-state index < -0.39 is 0 Å². The van der Waals surface area contributed by atoms with E-state index in [2.05, 4.69) is 11.8 Å². The molecular weight excluding hydrogens is 248 g/mol. The fraction of sp³-hybridized carbons (Fsp3) is 0.571. The first-order chi connectivity index (χ1) is 8.39. The topological polar surface area (TPSA) is 38.5 Å². The Hall–Kier alpha value is -0.770. The van der Waals surface area contributed by atoms with Crippen molar-refractivity contribution in [2.24, 2.45) is 5.73 Å². The van der Waals surface area contributed by atoms with Crippen LogP contribution >= 0.6 is 11.6 Å². The highest BCUT2D eigenvalue weighted by molar-refractivity contribution is 6.30. The van der Waals surface area contributed by atoms with Gasteiger partial charge < -0.3 is 15.4 Å². The maximum atomic E-state index is 5.91. The van der Waals surface area contributed by atoms with Crippen LogP contribution < -0.4 is 10.5 Å². The van der Waals surface area contributed by atoms with Crippen LogP contribution in [0.2, 0.25) is 5.02 Å². The molecule has 18 heavy (non-hydrogen) atoms. The van der Waals surface area contributed by atoms with Gasteiger partial charge in [-0.1, -0.05) is 11.6 Å². The summed E-state index contributed by atoms with van der Waals surface area (Å²) in [6.45, 7) is 5.40. The van der Waals surface area contributed by atoms with Crippen molar-refractivity contribution < 1.29 is 4.74 Å². The van der Waals surface area contributed by atoms with Crippen molar-refractivity contribution in [1.29, 1.82) is 0 Å². The maximum Gasteiger partial charge on any atom is 0.122 e. The van der Waals surface area contributed by atoms with Crippen molar-refractivity contribution in [1.82, 2.24) is 4.90 Å². The molecule has 1 unspecified atom stereocenters. The summed E-state index contributed by atoms with van der Waals surface area (Å²) in [5.41, 5.74) is 6.85. The van der Waals surface area contributed by atoms with Crippen LogP contribution in [0.25, 0.3) is 0 Å². The van der Waals surface area contributed by atoms with Crippen molar-refractivity contribution in [2.75, 3.05) is 27.2 Å². The summed E-state index contributed by atoms with van der Waals surface area (Å²) in [6.07, 6.45) is 0.887. The van der Waals surface area contributed by atoms with Gasteiger partial charge in [-0.05, 0) is 51.7 Å². The summed E-state index contributed by atoms with van der Waals surface area (Å²) in [6, 6.07) is 5.66. The summed E-state index contributed by atoms with van der Waals surface area (Å²) in [4.78, 5) is 2.14. The van der Waals surface area contributed by atoms with Crippen LogP contribution in [-0.2, 0) is 0 Å². The van der Waals surface area contributed by atoms with Gasteiger partial charge in [0.2, 0.25) is 0 Å². The smallest absolute Gasteiger partial charge is 0.122 e. The molecule has 0 fully saturated rings. The second kappa shape index (κ2) is 6.41. The van der Waals surface area contributed by atoms with E-state index in [1.807, 2.05) is 39.2 Å². The first-order valence-corrected chi connectivity index (χ1v) is 6.53. The molecule has 0 radical (unpaired) electrons. The molecule has 2 N–H and O–H groups in total. The van der Waals surface area contributed by atoms with E-state index in [0.717, 1.165) is 22.8 Å². The Kier molecular flexibility index (Phi) is 5.45. The van der Waals surface area contributed by atoms with Gasteiger partial charge in [0.05, 0.1) is 6.61 Å². The number of hydrogen-bond acceptors (Lipinski definition) is 3.